The van der Waals surface area contributed by atoms with Gasteiger partial charge in [-0.1, -0.05) is 83.2 Å². The Labute approximate surface area is 244 Å². The first kappa shape index (κ1) is 31.7. The van der Waals surface area contributed by atoms with Crippen LogP contribution < -0.4 is 10.3 Å². The van der Waals surface area contributed by atoms with Gasteiger partial charge in [0.2, 0.25) is 5.91 Å². The smallest absolute Gasteiger partial charge is 0.266 e. The van der Waals surface area contributed by atoms with Crippen LogP contribution in [-0.4, -0.2) is 34.0 Å². The molecule has 218 valence electrons. The van der Waals surface area contributed by atoms with Gasteiger partial charge in [0.05, 0.1) is 29.7 Å². The highest BCUT2D eigenvalue weighted by atomic mass is 35.5. The second-order valence-electron chi connectivity index (χ2n) is 10.7. The Morgan fingerprint density at radius 2 is 1.55 bits per heavy atom. The number of amides is 1. The number of carbonyl (C=O) groups is 1. The van der Waals surface area contributed by atoms with Crippen LogP contribution in [0.25, 0.3) is 16.6 Å². The van der Waals surface area contributed by atoms with Crippen molar-refractivity contribution in [3.05, 3.63) is 63.7 Å². The molecule has 0 aliphatic heterocycles. The number of unbranched alkanes of at least 4 members (excludes halogenated alkanes) is 9. The largest absolute Gasteiger partial charge is 0.497 e. The summed E-state index contributed by atoms with van der Waals surface area (Å²) in [5.74, 6) is 1.36. The fourth-order valence-electron chi connectivity index (χ4n) is 5.20. The van der Waals surface area contributed by atoms with Crippen LogP contribution in [0, 0.1) is 0 Å². The minimum absolute atomic E-state index is 0.124. The van der Waals surface area contributed by atoms with E-state index in [-0.39, 0.29) is 11.5 Å². The first-order valence-electron chi connectivity index (χ1n) is 15.1. The maximum Gasteiger partial charge on any atom is 0.266 e. The van der Waals surface area contributed by atoms with Crippen LogP contribution in [0.3, 0.4) is 0 Å². The van der Waals surface area contributed by atoms with E-state index in [1.54, 1.807) is 29.9 Å². The summed E-state index contributed by atoms with van der Waals surface area (Å²) in [6, 6.07) is 12.1. The van der Waals surface area contributed by atoms with Crippen LogP contribution in [0.15, 0.2) is 47.3 Å². The van der Waals surface area contributed by atoms with Gasteiger partial charge in [0.1, 0.15) is 11.6 Å². The van der Waals surface area contributed by atoms with Crippen molar-refractivity contribution in [2.24, 2.45) is 0 Å². The first-order chi connectivity index (χ1) is 19.4. The molecule has 0 fully saturated rings. The Morgan fingerprint density at radius 1 is 0.925 bits per heavy atom. The molecule has 1 heterocycles. The molecule has 0 aliphatic carbocycles. The second kappa shape index (κ2) is 16.4. The van der Waals surface area contributed by atoms with Gasteiger partial charge in [0, 0.05) is 18.0 Å². The Hall–Kier alpha value is -2.86. The predicted octanol–water partition coefficient (Wildman–Crippen LogP) is 8.66. The monoisotopic (exact) mass is 567 g/mol. The molecular weight excluding hydrogens is 522 g/mol. The number of fused-ring (bicyclic) bond motifs is 1. The van der Waals surface area contributed by atoms with E-state index in [0.717, 1.165) is 38.5 Å². The van der Waals surface area contributed by atoms with Gasteiger partial charge in [-0.05, 0) is 62.2 Å². The molecule has 1 amide bonds. The fraction of sp³-hybridized carbons (Fsp3) is 0.545. The highest BCUT2D eigenvalue weighted by Gasteiger charge is 2.26. The summed E-state index contributed by atoms with van der Waals surface area (Å²) >= 11 is 6.29. The van der Waals surface area contributed by atoms with E-state index in [4.69, 9.17) is 21.3 Å². The maximum absolute atomic E-state index is 13.9. The standard InChI is InChI=1S/C33H46ClN3O3/c1-5-7-9-11-12-13-14-16-31(38)36(23-15-10-8-6-2)25(3)32-35-30-24-26(34)17-22-29(30)33(39)37(32)27-18-20-28(40-4)21-19-27/h17-22,24-25H,5-16,23H2,1-4H3. The molecule has 0 N–H and O–H groups in total. The molecule has 7 heteroatoms. The minimum Gasteiger partial charge on any atom is -0.497 e. The zero-order chi connectivity index (χ0) is 28.9. The third-order valence-electron chi connectivity index (χ3n) is 7.60. The van der Waals surface area contributed by atoms with Crippen LogP contribution >= 0.6 is 11.6 Å². The zero-order valence-corrected chi connectivity index (χ0v) is 25.5. The van der Waals surface area contributed by atoms with Gasteiger partial charge < -0.3 is 9.64 Å². The third kappa shape index (κ3) is 8.57. The number of aromatic nitrogens is 2. The van der Waals surface area contributed by atoms with Gasteiger partial charge in [-0.3, -0.25) is 14.2 Å². The molecule has 0 radical (unpaired) electrons. The van der Waals surface area contributed by atoms with E-state index in [9.17, 15) is 9.59 Å². The molecule has 0 spiro atoms. The predicted molar refractivity (Wildman–Crippen MR) is 166 cm³/mol. The van der Waals surface area contributed by atoms with Crippen molar-refractivity contribution in [3.63, 3.8) is 0 Å². The van der Waals surface area contributed by atoms with Gasteiger partial charge >= 0.3 is 0 Å². The van der Waals surface area contributed by atoms with Gasteiger partial charge in [0.15, 0.2) is 0 Å². The summed E-state index contributed by atoms with van der Waals surface area (Å²) in [6.07, 6.45) is 12.9. The molecule has 0 aliphatic rings. The zero-order valence-electron chi connectivity index (χ0n) is 24.8. The van der Waals surface area contributed by atoms with Gasteiger partial charge in [-0.15, -0.1) is 0 Å². The fourth-order valence-corrected chi connectivity index (χ4v) is 5.36. The van der Waals surface area contributed by atoms with Crippen LogP contribution in [0.4, 0.5) is 0 Å². The summed E-state index contributed by atoms with van der Waals surface area (Å²) in [5.41, 5.74) is 1.04. The lowest BCUT2D eigenvalue weighted by molar-refractivity contribution is -0.133. The number of benzene rings is 2. The van der Waals surface area contributed by atoms with Crippen LogP contribution in [-0.2, 0) is 4.79 Å². The first-order valence-corrected chi connectivity index (χ1v) is 15.4. The van der Waals surface area contributed by atoms with Crippen LogP contribution in [0.1, 0.15) is 110 Å². The Bertz CT molecular complexity index is 1270. The number of halogens is 1. The molecule has 2 aromatic carbocycles. The van der Waals surface area contributed by atoms with E-state index in [1.807, 2.05) is 36.1 Å². The normalized spacial score (nSPS) is 12.0. The second-order valence-corrected chi connectivity index (χ2v) is 11.1. The van der Waals surface area contributed by atoms with E-state index < -0.39 is 6.04 Å². The summed E-state index contributed by atoms with van der Waals surface area (Å²) in [6.45, 7) is 7.04. The number of nitrogens with zero attached hydrogens (tertiary/aromatic N) is 3. The molecule has 3 aromatic rings. The topological polar surface area (TPSA) is 64.4 Å². The number of carbonyl (C=O) groups excluding carboxylic acids is 1. The van der Waals surface area contributed by atoms with Crippen molar-refractivity contribution in [1.29, 1.82) is 0 Å². The van der Waals surface area contributed by atoms with Gasteiger partial charge in [0.25, 0.3) is 5.56 Å². The Morgan fingerprint density at radius 3 is 2.20 bits per heavy atom. The molecule has 1 atom stereocenters. The van der Waals surface area contributed by atoms with Gasteiger partial charge in [-0.2, -0.15) is 0 Å². The molecule has 0 saturated heterocycles. The van der Waals surface area contributed by atoms with E-state index in [2.05, 4.69) is 13.8 Å². The summed E-state index contributed by atoms with van der Waals surface area (Å²) < 4.78 is 6.97. The molecule has 0 saturated carbocycles. The van der Waals surface area contributed by atoms with Crippen molar-refractivity contribution in [2.45, 2.75) is 104 Å². The summed E-state index contributed by atoms with van der Waals surface area (Å²) in [4.78, 5) is 34.4. The lowest BCUT2D eigenvalue weighted by Gasteiger charge is -2.31. The maximum atomic E-state index is 13.9. The molecule has 3 rings (SSSR count). The molecule has 1 aromatic heterocycles. The number of methoxy groups -OCH3 is 1. The van der Waals surface area contributed by atoms with E-state index in [0.29, 0.717) is 46.2 Å². The molecule has 0 bridgehead atoms. The number of rotatable bonds is 17. The van der Waals surface area contributed by atoms with Crippen LogP contribution in [0.2, 0.25) is 5.02 Å². The van der Waals surface area contributed by atoms with Crippen molar-refractivity contribution in [3.8, 4) is 11.4 Å². The van der Waals surface area contributed by atoms with E-state index >= 15 is 0 Å². The Balaban J connectivity index is 1.96. The van der Waals surface area contributed by atoms with Gasteiger partial charge in [-0.25, -0.2) is 4.98 Å². The molecular formula is C33H46ClN3O3. The highest BCUT2D eigenvalue weighted by molar-refractivity contribution is 6.31. The van der Waals surface area contributed by atoms with Crippen molar-refractivity contribution >= 4 is 28.4 Å². The minimum atomic E-state index is -0.392. The lowest BCUT2D eigenvalue weighted by atomic mass is 10.1. The summed E-state index contributed by atoms with van der Waals surface area (Å²) in [5, 5.41) is 1.01. The SMILES string of the molecule is CCCCCCCCCC(=O)N(CCCCCC)C(C)c1nc2cc(Cl)ccc2c(=O)n1-c1ccc(OC)cc1. The number of hydrogen-bond acceptors (Lipinski definition) is 4. The average Bonchev–Trinajstić information content (AvgIpc) is 2.96. The van der Waals surface area contributed by atoms with Crippen molar-refractivity contribution in [1.82, 2.24) is 14.5 Å². The highest BCUT2D eigenvalue weighted by Crippen LogP contribution is 2.26. The number of ether oxygens (including phenoxy) is 1. The van der Waals surface area contributed by atoms with Crippen LogP contribution in [0.5, 0.6) is 5.75 Å². The lowest BCUT2D eigenvalue weighted by Crippen LogP contribution is -2.38. The molecule has 1 unspecified atom stereocenters. The van der Waals surface area contributed by atoms with Crippen molar-refractivity contribution < 1.29 is 9.53 Å². The summed E-state index contributed by atoms with van der Waals surface area (Å²) in [7, 11) is 1.61. The number of hydrogen-bond donors (Lipinski definition) is 0. The average molecular weight is 568 g/mol. The molecule has 6 nitrogen and oxygen atoms in total. The van der Waals surface area contributed by atoms with E-state index in [1.165, 1.54) is 32.1 Å². The van der Waals surface area contributed by atoms with Crippen molar-refractivity contribution in [2.75, 3.05) is 13.7 Å². The molecule has 40 heavy (non-hydrogen) atoms. The third-order valence-corrected chi connectivity index (χ3v) is 7.83. The Kier molecular flexibility index (Phi) is 13.0. The quantitative estimate of drug-likeness (QED) is 0.153.